The normalized spacial score (nSPS) is 17.5. The van der Waals surface area contributed by atoms with Crippen LogP contribution in [-0.4, -0.2) is 61.8 Å². The van der Waals surface area contributed by atoms with Crippen LogP contribution in [-0.2, 0) is 9.84 Å². The van der Waals surface area contributed by atoms with Crippen molar-refractivity contribution in [2.75, 3.05) is 25.9 Å². The number of nitrogens with one attached hydrogen (secondary N) is 1. The summed E-state index contributed by atoms with van der Waals surface area (Å²) in [6, 6.07) is 18.2. The van der Waals surface area contributed by atoms with Gasteiger partial charge in [0.1, 0.15) is 0 Å². The first-order valence-corrected chi connectivity index (χ1v) is 14.5. The van der Waals surface area contributed by atoms with Gasteiger partial charge in [-0.15, -0.1) is 11.3 Å². The molecule has 0 saturated carbocycles. The standard InChI is InChI=1S/C26H28ClN3O3S2/c1-35(32,33)21-8-4-6-18(14-21)25-11-12-26(34-25)24(29-23-10-3-2-9-22(23)27)15-19(28)16-30-13-5-7-20(31)17-30/h2-4,6,8-12,14,20,28,31H,5,7,13,15-17H2,1H3. The lowest BCUT2D eigenvalue weighted by Gasteiger charge is -2.30. The second-order valence-corrected chi connectivity index (χ2v) is 12.3. The molecule has 0 amide bonds. The van der Waals surface area contributed by atoms with Crippen LogP contribution < -0.4 is 0 Å². The second-order valence-electron chi connectivity index (χ2n) is 8.79. The van der Waals surface area contributed by atoms with Gasteiger partial charge in [0.05, 0.1) is 27.4 Å². The monoisotopic (exact) mass is 529 g/mol. The summed E-state index contributed by atoms with van der Waals surface area (Å²) in [7, 11) is -3.31. The first-order valence-electron chi connectivity index (χ1n) is 11.4. The smallest absolute Gasteiger partial charge is 0.175 e. The molecule has 1 fully saturated rings. The Labute approximate surface area is 215 Å². The zero-order chi connectivity index (χ0) is 25.0. The largest absolute Gasteiger partial charge is 0.392 e. The van der Waals surface area contributed by atoms with Gasteiger partial charge >= 0.3 is 0 Å². The van der Waals surface area contributed by atoms with Crippen LogP contribution in [0.1, 0.15) is 24.1 Å². The van der Waals surface area contributed by atoms with Crippen molar-refractivity contribution in [3.8, 4) is 10.4 Å². The molecule has 2 aromatic carbocycles. The minimum absolute atomic E-state index is 0.278. The number of likely N-dealkylation sites (tertiary alicyclic amines) is 1. The van der Waals surface area contributed by atoms with Crippen molar-refractivity contribution < 1.29 is 13.5 Å². The summed E-state index contributed by atoms with van der Waals surface area (Å²) in [5, 5.41) is 19.2. The summed E-state index contributed by atoms with van der Waals surface area (Å²) in [5.41, 5.74) is 2.70. The highest BCUT2D eigenvalue weighted by Crippen LogP contribution is 2.32. The molecule has 0 spiro atoms. The number of aliphatic imine (C=N–C) groups is 1. The third-order valence-corrected chi connectivity index (χ3v) is 8.43. The van der Waals surface area contributed by atoms with Crippen molar-refractivity contribution >= 4 is 49.9 Å². The van der Waals surface area contributed by atoms with E-state index in [1.165, 1.54) is 17.6 Å². The Kier molecular flexibility index (Phi) is 8.19. The molecule has 0 radical (unpaired) electrons. The van der Waals surface area contributed by atoms with Gasteiger partial charge in [0.2, 0.25) is 0 Å². The Hall–Kier alpha value is -2.36. The summed E-state index contributed by atoms with van der Waals surface area (Å²) >= 11 is 7.88. The number of nitrogens with zero attached hydrogens (tertiary/aromatic N) is 2. The first-order chi connectivity index (χ1) is 16.7. The topological polar surface area (TPSA) is 93.8 Å². The maximum Gasteiger partial charge on any atom is 0.175 e. The van der Waals surface area contributed by atoms with E-state index in [1.807, 2.05) is 36.4 Å². The van der Waals surface area contributed by atoms with Gasteiger partial charge in [0.15, 0.2) is 9.84 Å². The number of aliphatic hydroxyl groups is 1. The molecule has 1 aliphatic heterocycles. The third-order valence-electron chi connectivity index (χ3n) is 5.82. The highest BCUT2D eigenvalue weighted by Gasteiger charge is 2.20. The van der Waals surface area contributed by atoms with Crippen molar-refractivity contribution in [1.29, 1.82) is 5.41 Å². The minimum atomic E-state index is -3.31. The number of β-amino-alcohol motifs (C(OH)–C–C–N with tert-alkyl or cyclic N) is 1. The van der Waals surface area contributed by atoms with Crippen LogP contribution in [0.4, 0.5) is 5.69 Å². The maximum atomic E-state index is 12.0. The number of hydrogen-bond donors (Lipinski definition) is 2. The number of piperidine rings is 1. The molecule has 0 bridgehead atoms. The maximum absolute atomic E-state index is 12.0. The lowest BCUT2D eigenvalue weighted by molar-refractivity contribution is 0.0789. The number of halogens is 1. The fraction of sp³-hybridized carbons (Fsp3) is 0.308. The molecule has 2 N–H and O–H groups in total. The number of thiophene rings is 1. The minimum Gasteiger partial charge on any atom is -0.392 e. The molecule has 9 heteroatoms. The summed E-state index contributed by atoms with van der Waals surface area (Å²) in [4.78, 5) is 9.04. The van der Waals surface area contributed by atoms with E-state index in [9.17, 15) is 13.5 Å². The van der Waals surface area contributed by atoms with Crippen LogP contribution in [0.15, 0.2) is 70.6 Å². The van der Waals surface area contributed by atoms with Crippen molar-refractivity contribution in [1.82, 2.24) is 4.90 Å². The summed E-state index contributed by atoms with van der Waals surface area (Å²) < 4.78 is 24.0. The predicted octanol–water partition coefficient (Wildman–Crippen LogP) is 5.46. The van der Waals surface area contributed by atoms with E-state index in [0.29, 0.717) is 35.9 Å². The van der Waals surface area contributed by atoms with E-state index in [-0.39, 0.29) is 11.0 Å². The van der Waals surface area contributed by atoms with E-state index in [0.717, 1.165) is 40.4 Å². The zero-order valence-corrected chi connectivity index (χ0v) is 21.8. The molecule has 1 unspecified atom stereocenters. The second kappa shape index (κ2) is 11.1. The first kappa shape index (κ1) is 25.7. The molecule has 3 aromatic rings. The zero-order valence-electron chi connectivity index (χ0n) is 19.4. The van der Waals surface area contributed by atoms with Gasteiger partial charge < -0.3 is 10.5 Å². The van der Waals surface area contributed by atoms with Crippen molar-refractivity contribution in [3.63, 3.8) is 0 Å². The van der Waals surface area contributed by atoms with Gasteiger partial charge in [0.25, 0.3) is 0 Å². The molecular formula is C26H28ClN3O3S2. The van der Waals surface area contributed by atoms with Crippen molar-refractivity contribution in [2.45, 2.75) is 30.3 Å². The van der Waals surface area contributed by atoms with Gasteiger partial charge in [-0.2, -0.15) is 0 Å². The molecule has 1 atom stereocenters. The molecule has 1 saturated heterocycles. The summed E-state index contributed by atoms with van der Waals surface area (Å²) in [6.07, 6.45) is 2.95. The van der Waals surface area contributed by atoms with E-state index < -0.39 is 9.84 Å². The Morgan fingerprint density at radius 1 is 1.20 bits per heavy atom. The Bertz CT molecular complexity index is 1350. The molecule has 4 rings (SSSR count). The average Bonchev–Trinajstić information content (AvgIpc) is 3.30. The summed E-state index contributed by atoms with van der Waals surface area (Å²) in [5.74, 6) is 0. The highest BCUT2D eigenvalue weighted by atomic mass is 35.5. The lowest BCUT2D eigenvalue weighted by Crippen LogP contribution is -2.41. The number of rotatable bonds is 8. The SMILES string of the molecule is CS(=O)(=O)c1cccc(-c2ccc(C(CC(=N)CN3CCCC(O)C3)=Nc3ccccc3Cl)s2)c1. The Morgan fingerprint density at radius 3 is 2.74 bits per heavy atom. The molecule has 184 valence electrons. The number of benzene rings is 2. The van der Waals surface area contributed by atoms with E-state index >= 15 is 0 Å². The number of aliphatic hydroxyl groups excluding tert-OH is 1. The fourth-order valence-corrected chi connectivity index (χ4v) is 5.93. The fourth-order valence-electron chi connectivity index (χ4n) is 4.10. The van der Waals surface area contributed by atoms with Gasteiger partial charge in [-0.05, 0) is 61.3 Å². The molecular weight excluding hydrogens is 502 g/mol. The number of sulfone groups is 1. The predicted molar refractivity (Wildman–Crippen MR) is 145 cm³/mol. The molecule has 35 heavy (non-hydrogen) atoms. The van der Waals surface area contributed by atoms with Gasteiger partial charge in [-0.25, -0.2) is 8.42 Å². The molecule has 2 heterocycles. The van der Waals surface area contributed by atoms with Crippen LogP contribution in [0.25, 0.3) is 10.4 Å². The van der Waals surface area contributed by atoms with E-state index in [4.69, 9.17) is 22.0 Å². The van der Waals surface area contributed by atoms with E-state index in [2.05, 4.69) is 4.90 Å². The lowest BCUT2D eigenvalue weighted by atomic mass is 10.1. The van der Waals surface area contributed by atoms with Crippen LogP contribution in [0, 0.1) is 5.41 Å². The van der Waals surface area contributed by atoms with E-state index in [1.54, 1.807) is 24.3 Å². The van der Waals surface area contributed by atoms with Crippen LogP contribution in [0.2, 0.25) is 5.02 Å². The molecule has 6 nitrogen and oxygen atoms in total. The molecule has 0 aliphatic carbocycles. The third kappa shape index (κ3) is 6.86. The number of hydrogen-bond acceptors (Lipinski definition) is 7. The van der Waals surface area contributed by atoms with Gasteiger partial charge in [-0.1, -0.05) is 35.9 Å². The van der Waals surface area contributed by atoms with Gasteiger partial charge in [0, 0.05) is 41.2 Å². The van der Waals surface area contributed by atoms with Crippen molar-refractivity contribution in [3.05, 3.63) is 70.6 Å². The molecule has 1 aromatic heterocycles. The van der Waals surface area contributed by atoms with Crippen LogP contribution >= 0.6 is 22.9 Å². The quantitative estimate of drug-likeness (QED) is 0.379. The number of para-hydroxylation sites is 1. The summed E-state index contributed by atoms with van der Waals surface area (Å²) in [6.45, 7) is 1.93. The molecule has 1 aliphatic rings. The Morgan fingerprint density at radius 2 is 2.00 bits per heavy atom. The highest BCUT2D eigenvalue weighted by molar-refractivity contribution is 7.90. The van der Waals surface area contributed by atoms with Gasteiger partial charge in [-0.3, -0.25) is 9.89 Å². The van der Waals surface area contributed by atoms with Crippen LogP contribution in [0.3, 0.4) is 0 Å². The van der Waals surface area contributed by atoms with Crippen LogP contribution in [0.5, 0.6) is 0 Å². The average molecular weight is 530 g/mol. The Balaban J connectivity index is 1.63. The van der Waals surface area contributed by atoms with Crippen molar-refractivity contribution in [2.24, 2.45) is 4.99 Å².